The average molecular weight is 457 g/mol. The molecule has 4 rings (SSSR count). The van der Waals surface area contributed by atoms with Crippen molar-refractivity contribution in [2.75, 3.05) is 12.5 Å². The van der Waals surface area contributed by atoms with Crippen molar-refractivity contribution >= 4 is 22.8 Å². The van der Waals surface area contributed by atoms with E-state index < -0.39 is 11.2 Å². The van der Waals surface area contributed by atoms with E-state index in [0.29, 0.717) is 18.8 Å². The molecule has 0 saturated carbocycles. The van der Waals surface area contributed by atoms with E-state index in [-0.39, 0.29) is 42.3 Å². The quantitative estimate of drug-likeness (QED) is 0.524. The van der Waals surface area contributed by atoms with E-state index in [1.165, 1.54) is 4.57 Å². The SMILES string of the molecule is Cn1c(=O)n(CCCO)c(=O)c2c1nc(OC1C=CC=CC1CCl)n2Cc1ccccc1. The van der Waals surface area contributed by atoms with E-state index in [1.807, 2.05) is 54.6 Å². The number of halogens is 1. The van der Waals surface area contributed by atoms with Crippen LogP contribution in [0, 0.1) is 5.92 Å². The minimum atomic E-state index is -0.481. The number of hydrogen-bond donors (Lipinski definition) is 1. The van der Waals surface area contributed by atoms with E-state index in [4.69, 9.17) is 16.3 Å². The van der Waals surface area contributed by atoms with E-state index in [9.17, 15) is 14.7 Å². The Hall–Kier alpha value is -3.10. The molecule has 0 radical (unpaired) electrons. The molecule has 8 nitrogen and oxygen atoms in total. The molecule has 0 saturated heterocycles. The smallest absolute Gasteiger partial charge is 0.332 e. The van der Waals surface area contributed by atoms with Crippen molar-refractivity contribution in [2.45, 2.75) is 25.6 Å². The van der Waals surface area contributed by atoms with Gasteiger partial charge in [-0.2, -0.15) is 4.98 Å². The van der Waals surface area contributed by atoms with Gasteiger partial charge < -0.3 is 9.84 Å². The number of rotatable bonds is 8. The molecule has 0 bridgehead atoms. The number of aliphatic hydroxyl groups is 1. The molecular formula is C23H25ClN4O4. The van der Waals surface area contributed by atoms with Crippen molar-refractivity contribution in [3.8, 4) is 6.01 Å². The van der Waals surface area contributed by atoms with Crippen molar-refractivity contribution < 1.29 is 9.84 Å². The summed E-state index contributed by atoms with van der Waals surface area (Å²) in [6.45, 7) is 0.347. The first kappa shape index (κ1) is 22.1. The van der Waals surface area contributed by atoms with Gasteiger partial charge in [-0.25, -0.2) is 4.79 Å². The van der Waals surface area contributed by atoms with E-state index in [2.05, 4.69) is 4.98 Å². The van der Waals surface area contributed by atoms with Crippen molar-refractivity contribution in [3.63, 3.8) is 0 Å². The van der Waals surface area contributed by atoms with Crippen LogP contribution in [0.1, 0.15) is 12.0 Å². The second-order valence-corrected chi connectivity index (χ2v) is 7.99. The summed E-state index contributed by atoms with van der Waals surface area (Å²) in [4.78, 5) is 30.7. The third-order valence-electron chi connectivity index (χ3n) is 5.53. The maximum absolute atomic E-state index is 13.3. The fraction of sp³-hybridized carbons (Fsp3) is 0.348. The van der Waals surface area contributed by atoms with Crippen molar-refractivity contribution in [2.24, 2.45) is 13.0 Å². The number of ether oxygens (including phenoxy) is 1. The lowest BCUT2D eigenvalue weighted by molar-refractivity contribution is 0.187. The van der Waals surface area contributed by atoms with Gasteiger partial charge in [0.1, 0.15) is 6.10 Å². The van der Waals surface area contributed by atoms with Crippen LogP contribution in [0.15, 0.2) is 64.2 Å². The summed E-state index contributed by atoms with van der Waals surface area (Å²) in [6.07, 6.45) is 7.63. The predicted molar refractivity (Wildman–Crippen MR) is 123 cm³/mol. The van der Waals surface area contributed by atoms with Gasteiger partial charge in [-0.15, -0.1) is 11.6 Å². The van der Waals surface area contributed by atoms with Crippen molar-refractivity contribution in [1.82, 2.24) is 18.7 Å². The molecule has 2 unspecified atom stereocenters. The summed E-state index contributed by atoms with van der Waals surface area (Å²) >= 11 is 6.12. The Labute approximate surface area is 189 Å². The number of hydrogen-bond acceptors (Lipinski definition) is 5. The highest BCUT2D eigenvalue weighted by Gasteiger charge is 2.26. The molecule has 1 N–H and O–H groups in total. The summed E-state index contributed by atoms with van der Waals surface area (Å²) in [5.74, 6) is 0.327. The zero-order chi connectivity index (χ0) is 22.7. The van der Waals surface area contributed by atoms with Crippen LogP contribution in [0.4, 0.5) is 0 Å². The van der Waals surface area contributed by atoms with Gasteiger partial charge in [-0.05, 0) is 18.1 Å². The molecule has 2 atom stereocenters. The zero-order valence-electron chi connectivity index (χ0n) is 17.7. The maximum atomic E-state index is 13.3. The number of alkyl halides is 1. The molecular weight excluding hydrogens is 432 g/mol. The number of benzene rings is 1. The summed E-state index contributed by atoms with van der Waals surface area (Å²) in [5, 5.41) is 9.19. The highest BCUT2D eigenvalue weighted by atomic mass is 35.5. The van der Waals surface area contributed by atoms with Crippen LogP contribution in [-0.4, -0.2) is 42.4 Å². The fourth-order valence-electron chi connectivity index (χ4n) is 3.80. The lowest BCUT2D eigenvalue weighted by atomic mass is 10.00. The van der Waals surface area contributed by atoms with Crippen LogP contribution in [-0.2, 0) is 20.1 Å². The summed E-state index contributed by atoms with van der Waals surface area (Å²) in [6, 6.07) is 9.91. The van der Waals surface area contributed by atoms with E-state index >= 15 is 0 Å². The fourth-order valence-corrected chi connectivity index (χ4v) is 4.08. The van der Waals surface area contributed by atoms with Gasteiger partial charge in [0.05, 0.1) is 6.54 Å². The summed E-state index contributed by atoms with van der Waals surface area (Å²) in [5.41, 5.74) is 0.555. The number of fused-ring (bicyclic) bond motifs is 1. The molecule has 0 spiro atoms. The Kier molecular flexibility index (Phi) is 6.62. The molecule has 9 heteroatoms. The number of allylic oxidation sites excluding steroid dienone is 2. The van der Waals surface area contributed by atoms with Crippen LogP contribution in [0.2, 0.25) is 0 Å². The van der Waals surface area contributed by atoms with Crippen LogP contribution in [0.5, 0.6) is 6.01 Å². The molecule has 1 aliphatic carbocycles. The molecule has 2 heterocycles. The first-order chi connectivity index (χ1) is 15.5. The molecule has 0 amide bonds. The Morgan fingerprint density at radius 1 is 1.12 bits per heavy atom. The highest BCUT2D eigenvalue weighted by Crippen LogP contribution is 2.25. The Bertz CT molecular complexity index is 1270. The van der Waals surface area contributed by atoms with Gasteiger partial charge in [-0.1, -0.05) is 48.6 Å². The van der Waals surface area contributed by atoms with E-state index in [0.717, 1.165) is 10.1 Å². The van der Waals surface area contributed by atoms with Crippen molar-refractivity contribution in [1.29, 1.82) is 0 Å². The molecule has 3 aromatic rings. The summed E-state index contributed by atoms with van der Waals surface area (Å²) in [7, 11) is 1.58. The largest absolute Gasteiger partial charge is 0.456 e. The first-order valence-electron chi connectivity index (χ1n) is 10.5. The maximum Gasteiger partial charge on any atom is 0.332 e. The van der Waals surface area contributed by atoms with Gasteiger partial charge >= 0.3 is 5.69 Å². The van der Waals surface area contributed by atoms with Crippen LogP contribution < -0.4 is 16.0 Å². The number of aliphatic hydroxyl groups excluding tert-OH is 1. The van der Waals surface area contributed by atoms with Gasteiger partial charge in [0.2, 0.25) is 0 Å². The standard InChI is InChI=1S/C23H25ClN4O4/c1-26-20-19(21(30)27(23(26)31)12-7-13-29)28(15-16-8-3-2-4-9-16)22(25-20)32-18-11-6-5-10-17(18)14-24/h2-6,8-11,17-18,29H,7,12-15H2,1H3. The Balaban J connectivity index is 1.89. The lowest BCUT2D eigenvalue weighted by Crippen LogP contribution is -2.40. The van der Waals surface area contributed by atoms with Crippen molar-refractivity contribution in [3.05, 3.63) is 81.0 Å². The van der Waals surface area contributed by atoms with E-state index in [1.54, 1.807) is 11.6 Å². The predicted octanol–water partition coefficient (Wildman–Crippen LogP) is 2.06. The first-order valence-corrected chi connectivity index (χ1v) is 11.0. The second kappa shape index (κ2) is 9.58. The molecule has 2 aromatic heterocycles. The molecule has 0 fully saturated rings. The Morgan fingerprint density at radius 3 is 2.59 bits per heavy atom. The highest BCUT2D eigenvalue weighted by molar-refractivity contribution is 6.18. The number of aryl methyl sites for hydroxylation is 1. The minimum Gasteiger partial charge on any atom is -0.456 e. The average Bonchev–Trinajstić information content (AvgIpc) is 3.16. The number of aromatic nitrogens is 4. The third kappa shape index (κ3) is 4.16. The second-order valence-electron chi connectivity index (χ2n) is 7.68. The lowest BCUT2D eigenvalue weighted by Gasteiger charge is -2.23. The Morgan fingerprint density at radius 2 is 1.88 bits per heavy atom. The number of nitrogens with zero attached hydrogens (tertiary/aromatic N) is 4. The summed E-state index contributed by atoms with van der Waals surface area (Å²) < 4.78 is 10.4. The third-order valence-corrected chi connectivity index (χ3v) is 5.89. The minimum absolute atomic E-state index is 0.0447. The molecule has 0 aliphatic heterocycles. The van der Waals surface area contributed by atoms with Gasteiger partial charge in [0.15, 0.2) is 11.2 Å². The molecule has 32 heavy (non-hydrogen) atoms. The molecule has 168 valence electrons. The van der Waals surface area contributed by atoms with Gasteiger partial charge in [-0.3, -0.25) is 18.5 Å². The zero-order valence-corrected chi connectivity index (χ0v) is 18.5. The topological polar surface area (TPSA) is 91.3 Å². The van der Waals surface area contributed by atoms with Crippen LogP contribution >= 0.6 is 11.6 Å². The van der Waals surface area contributed by atoms with Crippen LogP contribution in [0.3, 0.4) is 0 Å². The van der Waals surface area contributed by atoms with Gasteiger partial charge in [0, 0.05) is 32.0 Å². The van der Waals surface area contributed by atoms with Gasteiger partial charge in [0.25, 0.3) is 11.6 Å². The number of imidazole rings is 1. The monoisotopic (exact) mass is 456 g/mol. The molecule has 1 aromatic carbocycles. The normalized spacial score (nSPS) is 17.8. The van der Waals surface area contributed by atoms with Crippen LogP contribution in [0.25, 0.3) is 11.2 Å². The molecule has 1 aliphatic rings.